The summed E-state index contributed by atoms with van der Waals surface area (Å²) in [5.41, 5.74) is 0. The summed E-state index contributed by atoms with van der Waals surface area (Å²) in [4.78, 5) is 2.53. The molecule has 3 nitrogen and oxygen atoms in total. The van der Waals surface area contributed by atoms with E-state index in [2.05, 4.69) is 22.5 Å². The van der Waals surface area contributed by atoms with Gasteiger partial charge in [-0.15, -0.1) is 0 Å². The maximum absolute atomic E-state index is 5.37. The third kappa shape index (κ3) is 4.39. The molecule has 0 atom stereocenters. The molecule has 2 rings (SSSR count). The van der Waals surface area contributed by atoms with Crippen LogP contribution >= 0.6 is 12.2 Å². The van der Waals surface area contributed by atoms with Crippen molar-refractivity contribution in [2.24, 2.45) is 5.92 Å². The molecular formula is C14H27N3S. The molecule has 104 valence electrons. The molecule has 4 heteroatoms. The minimum atomic E-state index is 0.631. The minimum absolute atomic E-state index is 0.631. The number of nitrogens with one attached hydrogen (secondary N) is 2. The lowest BCUT2D eigenvalue weighted by atomic mass is 9.97. The van der Waals surface area contributed by atoms with E-state index in [1.54, 1.807) is 0 Å². The average molecular weight is 269 g/mol. The highest BCUT2D eigenvalue weighted by atomic mass is 32.1. The molecule has 2 aliphatic rings. The number of likely N-dealkylation sites (tertiary alicyclic amines) is 1. The van der Waals surface area contributed by atoms with Gasteiger partial charge in [0.05, 0.1) is 0 Å². The highest BCUT2D eigenvalue weighted by Crippen LogP contribution is 2.18. The molecule has 1 heterocycles. The molecule has 0 unspecified atom stereocenters. The first-order valence-electron chi connectivity index (χ1n) is 7.54. The lowest BCUT2D eigenvalue weighted by Crippen LogP contribution is -2.44. The molecule has 0 aromatic heterocycles. The van der Waals surface area contributed by atoms with Gasteiger partial charge in [-0.05, 0) is 63.5 Å². The van der Waals surface area contributed by atoms with E-state index in [1.165, 1.54) is 58.2 Å². The topological polar surface area (TPSA) is 27.3 Å². The van der Waals surface area contributed by atoms with Gasteiger partial charge in [-0.2, -0.15) is 0 Å². The zero-order chi connectivity index (χ0) is 12.8. The molecular weight excluding hydrogens is 242 g/mol. The zero-order valence-electron chi connectivity index (χ0n) is 11.6. The van der Waals surface area contributed by atoms with E-state index >= 15 is 0 Å². The Morgan fingerprint density at radius 1 is 1.17 bits per heavy atom. The van der Waals surface area contributed by atoms with Crippen molar-refractivity contribution in [3.8, 4) is 0 Å². The van der Waals surface area contributed by atoms with Crippen molar-refractivity contribution in [2.75, 3.05) is 26.2 Å². The molecule has 18 heavy (non-hydrogen) atoms. The summed E-state index contributed by atoms with van der Waals surface area (Å²) >= 11 is 5.37. The molecule has 0 spiro atoms. The number of piperidine rings is 1. The second kappa shape index (κ2) is 7.29. The number of hydrogen-bond acceptors (Lipinski definition) is 2. The van der Waals surface area contributed by atoms with Gasteiger partial charge in [0.25, 0.3) is 0 Å². The molecule has 2 fully saturated rings. The van der Waals surface area contributed by atoms with Gasteiger partial charge in [0, 0.05) is 12.6 Å². The molecule has 0 amide bonds. The normalized spacial score (nSPS) is 23.2. The minimum Gasteiger partial charge on any atom is -0.362 e. The van der Waals surface area contributed by atoms with Crippen LogP contribution in [0.25, 0.3) is 0 Å². The van der Waals surface area contributed by atoms with Crippen molar-refractivity contribution in [3.05, 3.63) is 0 Å². The Kier molecular flexibility index (Phi) is 5.70. The van der Waals surface area contributed by atoms with Crippen LogP contribution in [0, 0.1) is 5.92 Å². The summed E-state index contributed by atoms with van der Waals surface area (Å²) in [6.45, 7) is 7.01. The van der Waals surface area contributed by atoms with Gasteiger partial charge >= 0.3 is 0 Å². The van der Waals surface area contributed by atoms with E-state index in [-0.39, 0.29) is 0 Å². The predicted octanol–water partition coefficient (Wildman–Crippen LogP) is 2.12. The van der Waals surface area contributed by atoms with E-state index in [9.17, 15) is 0 Å². The number of nitrogens with zero attached hydrogens (tertiary/aromatic N) is 1. The van der Waals surface area contributed by atoms with Crippen LogP contribution < -0.4 is 10.6 Å². The van der Waals surface area contributed by atoms with Crippen LogP contribution in [0.1, 0.15) is 45.4 Å². The first-order chi connectivity index (χ1) is 8.78. The van der Waals surface area contributed by atoms with E-state index in [1.807, 2.05) is 0 Å². The lowest BCUT2D eigenvalue weighted by Gasteiger charge is -2.31. The standard InChI is InChI=1S/C14H27N3S/c1-2-17-9-7-12(8-10-17)11-15-14(18)16-13-5-3-4-6-13/h12-13H,2-11H2,1H3,(H2,15,16,18). The molecule has 0 aromatic carbocycles. The summed E-state index contributed by atoms with van der Waals surface area (Å²) in [6, 6.07) is 0.631. The highest BCUT2D eigenvalue weighted by Gasteiger charge is 2.19. The second-order valence-electron chi connectivity index (χ2n) is 5.71. The van der Waals surface area contributed by atoms with Gasteiger partial charge in [-0.25, -0.2) is 0 Å². The third-order valence-electron chi connectivity index (χ3n) is 4.40. The van der Waals surface area contributed by atoms with Gasteiger partial charge in [-0.3, -0.25) is 0 Å². The molecule has 1 aliphatic heterocycles. The Morgan fingerprint density at radius 3 is 2.44 bits per heavy atom. The van der Waals surface area contributed by atoms with Crippen LogP contribution in [-0.2, 0) is 0 Å². The second-order valence-corrected chi connectivity index (χ2v) is 6.12. The zero-order valence-corrected chi connectivity index (χ0v) is 12.4. The van der Waals surface area contributed by atoms with Crippen molar-refractivity contribution in [2.45, 2.75) is 51.5 Å². The van der Waals surface area contributed by atoms with Crippen molar-refractivity contribution in [1.29, 1.82) is 0 Å². The van der Waals surface area contributed by atoms with Crippen LogP contribution in [-0.4, -0.2) is 42.2 Å². The Morgan fingerprint density at radius 2 is 1.83 bits per heavy atom. The Hall–Kier alpha value is -0.350. The lowest BCUT2D eigenvalue weighted by molar-refractivity contribution is 0.193. The molecule has 0 aromatic rings. The average Bonchev–Trinajstić information content (AvgIpc) is 2.90. The summed E-state index contributed by atoms with van der Waals surface area (Å²) in [5, 5.41) is 7.74. The molecule has 0 bridgehead atoms. The summed E-state index contributed by atoms with van der Waals surface area (Å²) in [6.07, 6.45) is 7.92. The van der Waals surface area contributed by atoms with Crippen molar-refractivity contribution in [3.63, 3.8) is 0 Å². The van der Waals surface area contributed by atoms with Crippen molar-refractivity contribution in [1.82, 2.24) is 15.5 Å². The van der Waals surface area contributed by atoms with Gasteiger partial charge in [0.15, 0.2) is 5.11 Å². The Bertz CT molecular complexity index is 256. The van der Waals surface area contributed by atoms with Gasteiger partial charge in [-0.1, -0.05) is 19.8 Å². The van der Waals surface area contributed by atoms with Crippen LogP contribution in [0.3, 0.4) is 0 Å². The number of thiocarbonyl (C=S) groups is 1. The molecule has 2 N–H and O–H groups in total. The van der Waals surface area contributed by atoms with E-state index in [0.717, 1.165) is 17.6 Å². The maximum Gasteiger partial charge on any atom is 0.166 e. The first-order valence-corrected chi connectivity index (χ1v) is 7.95. The monoisotopic (exact) mass is 269 g/mol. The van der Waals surface area contributed by atoms with E-state index in [0.29, 0.717) is 6.04 Å². The highest BCUT2D eigenvalue weighted by molar-refractivity contribution is 7.80. The Balaban J connectivity index is 1.58. The quantitative estimate of drug-likeness (QED) is 0.765. The van der Waals surface area contributed by atoms with Gasteiger partial charge < -0.3 is 15.5 Å². The molecule has 1 aliphatic carbocycles. The van der Waals surface area contributed by atoms with E-state index in [4.69, 9.17) is 12.2 Å². The number of rotatable bonds is 4. The maximum atomic E-state index is 5.37. The van der Waals surface area contributed by atoms with Gasteiger partial charge in [0.1, 0.15) is 0 Å². The molecule has 1 saturated carbocycles. The number of hydrogen-bond donors (Lipinski definition) is 2. The first kappa shape index (κ1) is 14.1. The summed E-state index contributed by atoms with van der Waals surface area (Å²) in [5.74, 6) is 0.802. The largest absolute Gasteiger partial charge is 0.362 e. The predicted molar refractivity (Wildman–Crippen MR) is 80.8 cm³/mol. The van der Waals surface area contributed by atoms with Crippen LogP contribution in [0.15, 0.2) is 0 Å². The fourth-order valence-electron chi connectivity index (χ4n) is 3.05. The summed E-state index contributed by atoms with van der Waals surface area (Å²) in [7, 11) is 0. The SMILES string of the molecule is CCN1CCC(CNC(=S)NC2CCCC2)CC1. The van der Waals surface area contributed by atoms with Crippen molar-refractivity contribution < 1.29 is 0 Å². The third-order valence-corrected chi connectivity index (χ3v) is 4.66. The van der Waals surface area contributed by atoms with Gasteiger partial charge in [0.2, 0.25) is 0 Å². The van der Waals surface area contributed by atoms with Crippen LogP contribution in [0.5, 0.6) is 0 Å². The molecule has 1 saturated heterocycles. The fraction of sp³-hybridized carbons (Fsp3) is 0.929. The fourth-order valence-corrected chi connectivity index (χ4v) is 3.30. The smallest absolute Gasteiger partial charge is 0.166 e. The Labute approximate surface area is 117 Å². The van der Waals surface area contributed by atoms with E-state index < -0.39 is 0 Å². The van der Waals surface area contributed by atoms with Crippen molar-refractivity contribution >= 4 is 17.3 Å². The van der Waals surface area contributed by atoms with Crippen LogP contribution in [0.4, 0.5) is 0 Å². The summed E-state index contributed by atoms with van der Waals surface area (Å²) < 4.78 is 0. The van der Waals surface area contributed by atoms with Crippen LogP contribution in [0.2, 0.25) is 0 Å². The molecule has 0 radical (unpaired) electrons.